The zero-order valence-electron chi connectivity index (χ0n) is 13.6. The predicted octanol–water partition coefficient (Wildman–Crippen LogP) is 2.76. The fourth-order valence-electron chi connectivity index (χ4n) is 2.77. The van der Waals surface area contributed by atoms with Gasteiger partial charge in [0.15, 0.2) is 0 Å². The maximum absolute atomic E-state index is 11.7. The van der Waals surface area contributed by atoms with Crippen LogP contribution in [0.4, 0.5) is 5.69 Å². The molecule has 0 spiro atoms. The quantitative estimate of drug-likeness (QED) is 0.801. The number of piperidine rings is 1. The van der Waals surface area contributed by atoms with Crippen molar-refractivity contribution in [1.29, 1.82) is 0 Å². The van der Waals surface area contributed by atoms with Crippen molar-refractivity contribution in [3.63, 3.8) is 0 Å². The third-order valence-electron chi connectivity index (χ3n) is 3.85. The first kappa shape index (κ1) is 15.9. The number of rotatable bonds is 4. The lowest BCUT2D eigenvalue weighted by Gasteiger charge is -2.32. The zero-order chi connectivity index (χ0) is 15.5. The first-order chi connectivity index (χ1) is 9.83. The van der Waals surface area contributed by atoms with Crippen LogP contribution in [0.5, 0.6) is 0 Å². The first-order valence-electron chi connectivity index (χ1n) is 7.79. The Bertz CT molecular complexity index is 468. The lowest BCUT2D eigenvalue weighted by Crippen LogP contribution is -2.33. The zero-order valence-corrected chi connectivity index (χ0v) is 13.6. The molecule has 0 bridgehead atoms. The van der Waals surface area contributed by atoms with E-state index in [1.807, 2.05) is 38.7 Å². The molecule has 1 aliphatic rings. The minimum absolute atomic E-state index is 0.0720. The molecule has 21 heavy (non-hydrogen) atoms. The molecule has 1 aliphatic heterocycles. The minimum Gasteiger partial charge on any atom is -0.460 e. The molecule has 1 saturated heterocycles. The highest BCUT2D eigenvalue weighted by Gasteiger charge is 2.22. The fraction of sp³-hybridized carbons (Fsp3) is 0.750. The van der Waals surface area contributed by atoms with E-state index in [9.17, 15) is 4.79 Å². The van der Waals surface area contributed by atoms with Crippen LogP contribution in [-0.4, -0.2) is 34.4 Å². The summed E-state index contributed by atoms with van der Waals surface area (Å²) in [6.45, 7) is 7.83. The largest absolute Gasteiger partial charge is 0.460 e. The Kier molecular flexibility index (Phi) is 4.91. The van der Waals surface area contributed by atoms with Crippen LogP contribution in [-0.2, 0) is 16.6 Å². The summed E-state index contributed by atoms with van der Waals surface area (Å²) < 4.78 is 7.20. The van der Waals surface area contributed by atoms with Gasteiger partial charge >= 0.3 is 5.97 Å². The van der Waals surface area contributed by atoms with Gasteiger partial charge in [0.1, 0.15) is 5.60 Å². The van der Waals surface area contributed by atoms with E-state index in [4.69, 9.17) is 4.74 Å². The predicted molar refractivity (Wildman–Crippen MR) is 83.2 cm³/mol. The maximum atomic E-state index is 11.7. The van der Waals surface area contributed by atoms with Gasteiger partial charge in [-0.1, -0.05) is 0 Å². The number of hydrogen-bond donors (Lipinski definition) is 0. The summed E-state index contributed by atoms with van der Waals surface area (Å²) in [7, 11) is 1.94. The second kappa shape index (κ2) is 6.50. The van der Waals surface area contributed by atoms with Gasteiger partial charge in [-0.05, 0) is 46.0 Å². The van der Waals surface area contributed by atoms with E-state index < -0.39 is 0 Å². The molecular formula is C16H27N3O2. The normalized spacial score (nSPS) is 17.0. The molecule has 0 aromatic carbocycles. The van der Waals surface area contributed by atoms with Gasteiger partial charge in [0.2, 0.25) is 0 Å². The second-order valence-corrected chi connectivity index (χ2v) is 6.93. The molecule has 0 N–H and O–H groups in total. The summed E-state index contributed by atoms with van der Waals surface area (Å²) >= 11 is 0. The van der Waals surface area contributed by atoms with E-state index in [0.29, 0.717) is 12.3 Å². The molecule has 0 atom stereocenters. The lowest BCUT2D eigenvalue weighted by molar-refractivity contribution is -0.155. The van der Waals surface area contributed by atoms with E-state index in [2.05, 4.69) is 16.2 Å². The number of nitrogens with zero attached hydrogens (tertiary/aromatic N) is 3. The van der Waals surface area contributed by atoms with Gasteiger partial charge in [0.05, 0.1) is 11.9 Å². The van der Waals surface area contributed by atoms with E-state index in [1.165, 1.54) is 5.69 Å². The van der Waals surface area contributed by atoms with Crippen molar-refractivity contribution in [1.82, 2.24) is 9.78 Å². The SMILES string of the molecule is Cn1cc(N2CCC(CCC(=O)OC(C)(C)C)CC2)cn1. The van der Waals surface area contributed by atoms with Gasteiger partial charge in [0.25, 0.3) is 0 Å². The van der Waals surface area contributed by atoms with Crippen molar-refractivity contribution in [2.75, 3.05) is 18.0 Å². The Labute approximate surface area is 127 Å². The number of carbonyl (C=O) groups is 1. The first-order valence-corrected chi connectivity index (χ1v) is 7.79. The summed E-state index contributed by atoms with van der Waals surface area (Å²) in [6.07, 6.45) is 7.72. The molecule has 5 nitrogen and oxygen atoms in total. The molecule has 0 saturated carbocycles. The monoisotopic (exact) mass is 293 g/mol. The molecule has 1 aromatic rings. The molecule has 118 valence electrons. The summed E-state index contributed by atoms with van der Waals surface area (Å²) in [6, 6.07) is 0. The Morgan fingerprint density at radius 2 is 2.05 bits per heavy atom. The van der Waals surface area contributed by atoms with Crippen LogP contribution < -0.4 is 4.90 Å². The van der Waals surface area contributed by atoms with Crippen molar-refractivity contribution in [3.8, 4) is 0 Å². The molecule has 1 aromatic heterocycles. The highest BCUT2D eigenvalue weighted by molar-refractivity contribution is 5.69. The summed E-state index contributed by atoms with van der Waals surface area (Å²) in [5.74, 6) is 0.558. The molecule has 2 rings (SSSR count). The number of aryl methyl sites for hydroxylation is 1. The Morgan fingerprint density at radius 3 is 2.57 bits per heavy atom. The molecule has 0 radical (unpaired) electrons. The fourth-order valence-corrected chi connectivity index (χ4v) is 2.77. The molecule has 5 heteroatoms. The average molecular weight is 293 g/mol. The van der Waals surface area contributed by atoms with Crippen LogP contribution >= 0.6 is 0 Å². The van der Waals surface area contributed by atoms with Crippen molar-refractivity contribution >= 4 is 11.7 Å². The van der Waals surface area contributed by atoms with E-state index in [1.54, 1.807) is 0 Å². The Morgan fingerprint density at radius 1 is 1.38 bits per heavy atom. The van der Waals surface area contributed by atoms with Crippen LogP contribution in [0.15, 0.2) is 12.4 Å². The molecule has 1 fully saturated rings. The molecule has 2 heterocycles. The van der Waals surface area contributed by atoms with Gasteiger partial charge in [0, 0.05) is 32.8 Å². The standard InChI is InChI=1S/C16H27N3O2/c1-16(2,3)21-15(20)6-5-13-7-9-19(10-8-13)14-11-17-18(4)12-14/h11-13H,5-10H2,1-4H3. The van der Waals surface area contributed by atoms with Crippen molar-refractivity contribution in [2.24, 2.45) is 13.0 Å². The summed E-state index contributed by atoms with van der Waals surface area (Å²) in [5.41, 5.74) is 0.823. The van der Waals surface area contributed by atoms with Gasteiger partial charge < -0.3 is 9.64 Å². The third kappa shape index (κ3) is 5.06. The average Bonchev–Trinajstić information content (AvgIpc) is 2.82. The van der Waals surface area contributed by atoms with Crippen molar-refractivity contribution < 1.29 is 9.53 Å². The number of carbonyl (C=O) groups excluding carboxylic acids is 1. The molecule has 0 aliphatic carbocycles. The highest BCUT2D eigenvalue weighted by Crippen LogP contribution is 2.26. The Hall–Kier alpha value is -1.52. The number of hydrogen-bond acceptors (Lipinski definition) is 4. The topological polar surface area (TPSA) is 47.4 Å². The third-order valence-corrected chi connectivity index (χ3v) is 3.85. The van der Waals surface area contributed by atoms with Crippen molar-refractivity contribution in [2.45, 2.75) is 52.1 Å². The van der Waals surface area contributed by atoms with Crippen LogP contribution in [0.2, 0.25) is 0 Å². The van der Waals surface area contributed by atoms with Gasteiger partial charge in [-0.25, -0.2) is 0 Å². The second-order valence-electron chi connectivity index (χ2n) is 6.93. The maximum Gasteiger partial charge on any atom is 0.306 e. The number of esters is 1. The number of aromatic nitrogens is 2. The highest BCUT2D eigenvalue weighted by atomic mass is 16.6. The van der Waals surface area contributed by atoms with Crippen LogP contribution in [0.25, 0.3) is 0 Å². The van der Waals surface area contributed by atoms with E-state index in [-0.39, 0.29) is 11.6 Å². The van der Waals surface area contributed by atoms with Gasteiger partial charge in [-0.2, -0.15) is 5.10 Å². The minimum atomic E-state index is -0.374. The van der Waals surface area contributed by atoms with E-state index >= 15 is 0 Å². The lowest BCUT2D eigenvalue weighted by atomic mass is 9.92. The Balaban J connectivity index is 1.71. The van der Waals surface area contributed by atoms with Crippen LogP contribution in [0.3, 0.4) is 0 Å². The van der Waals surface area contributed by atoms with Crippen LogP contribution in [0.1, 0.15) is 46.5 Å². The molecule has 0 amide bonds. The van der Waals surface area contributed by atoms with Gasteiger partial charge in [-0.3, -0.25) is 9.48 Å². The molecule has 0 unspecified atom stereocenters. The number of anilines is 1. The number of ether oxygens (including phenoxy) is 1. The summed E-state index contributed by atoms with van der Waals surface area (Å²) in [5, 5.41) is 4.22. The smallest absolute Gasteiger partial charge is 0.306 e. The summed E-state index contributed by atoms with van der Waals surface area (Å²) in [4.78, 5) is 14.1. The molecular weight excluding hydrogens is 266 g/mol. The van der Waals surface area contributed by atoms with Crippen molar-refractivity contribution in [3.05, 3.63) is 12.4 Å². The van der Waals surface area contributed by atoms with Crippen LogP contribution in [0, 0.1) is 5.92 Å². The van der Waals surface area contributed by atoms with Gasteiger partial charge in [-0.15, -0.1) is 0 Å². The van der Waals surface area contributed by atoms with E-state index in [0.717, 1.165) is 32.4 Å².